The van der Waals surface area contributed by atoms with Crippen LogP contribution < -0.4 is 11.1 Å². The first-order valence-electron chi connectivity index (χ1n) is 6.85. The Bertz CT molecular complexity index is 288. The summed E-state index contributed by atoms with van der Waals surface area (Å²) in [7, 11) is 0. The lowest BCUT2D eigenvalue weighted by Gasteiger charge is -2.37. The number of nitrogens with one attached hydrogen (secondary N) is 1. The number of carbonyl (C=O) groups is 1. The van der Waals surface area contributed by atoms with Crippen molar-refractivity contribution in [2.45, 2.75) is 45.4 Å². The van der Waals surface area contributed by atoms with Crippen LogP contribution in [0.2, 0.25) is 0 Å². The van der Waals surface area contributed by atoms with E-state index in [1.54, 1.807) is 0 Å². The molecule has 0 radical (unpaired) electrons. The third kappa shape index (κ3) is 6.01. The molecule has 5 nitrogen and oxygen atoms in total. The average Bonchev–Trinajstić information content (AvgIpc) is 2.28. The molecule has 19 heavy (non-hydrogen) atoms. The number of alkyl carbamates (subject to hydrolysis) is 1. The first-order valence-corrected chi connectivity index (χ1v) is 8.00. The SMILES string of the molecule is CC(NC(=O)OC(C)(C)C)C(CN)N1CCSCC1. The van der Waals surface area contributed by atoms with Crippen LogP contribution in [0.5, 0.6) is 0 Å². The van der Waals surface area contributed by atoms with Gasteiger partial charge in [-0.1, -0.05) is 0 Å². The number of carbonyl (C=O) groups excluding carboxylic acids is 1. The Hall–Kier alpha value is -0.460. The molecule has 2 unspecified atom stereocenters. The van der Waals surface area contributed by atoms with Gasteiger partial charge in [0.05, 0.1) is 0 Å². The second kappa shape index (κ2) is 7.36. The highest BCUT2D eigenvalue weighted by Crippen LogP contribution is 2.14. The van der Waals surface area contributed by atoms with Crippen LogP contribution in [0.25, 0.3) is 0 Å². The Balaban J connectivity index is 2.48. The number of hydrogen-bond donors (Lipinski definition) is 2. The molecule has 1 amide bonds. The summed E-state index contributed by atoms with van der Waals surface area (Å²) in [5.41, 5.74) is 5.40. The molecular weight excluding hydrogens is 262 g/mol. The number of ether oxygens (including phenoxy) is 1. The molecule has 0 saturated carbocycles. The molecule has 0 aromatic rings. The Kier molecular flexibility index (Phi) is 6.42. The van der Waals surface area contributed by atoms with E-state index in [-0.39, 0.29) is 18.2 Å². The monoisotopic (exact) mass is 289 g/mol. The number of nitrogens with two attached hydrogens (primary N) is 1. The number of hydrogen-bond acceptors (Lipinski definition) is 5. The molecule has 0 aromatic carbocycles. The number of rotatable bonds is 4. The van der Waals surface area contributed by atoms with E-state index in [1.165, 1.54) is 0 Å². The minimum atomic E-state index is -0.468. The molecule has 0 aromatic heterocycles. The van der Waals surface area contributed by atoms with Crippen LogP contribution in [0.1, 0.15) is 27.7 Å². The van der Waals surface area contributed by atoms with Gasteiger partial charge < -0.3 is 15.8 Å². The van der Waals surface area contributed by atoms with E-state index in [4.69, 9.17) is 10.5 Å². The van der Waals surface area contributed by atoms with Gasteiger partial charge >= 0.3 is 6.09 Å². The molecule has 2 atom stereocenters. The van der Waals surface area contributed by atoms with E-state index >= 15 is 0 Å². The van der Waals surface area contributed by atoms with E-state index in [0.29, 0.717) is 6.54 Å². The Morgan fingerprint density at radius 2 is 2.00 bits per heavy atom. The molecule has 1 fully saturated rings. The van der Waals surface area contributed by atoms with Crippen molar-refractivity contribution in [3.8, 4) is 0 Å². The first kappa shape index (κ1) is 16.6. The maximum absolute atomic E-state index is 11.8. The number of amides is 1. The van der Waals surface area contributed by atoms with Crippen molar-refractivity contribution >= 4 is 17.9 Å². The van der Waals surface area contributed by atoms with Crippen molar-refractivity contribution in [2.24, 2.45) is 5.73 Å². The zero-order valence-corrected chi connectivity index (χ0v) is 13.3. The summed E-state index contributed by atoms with van der Waals surface area (Å²) in [6.07, 6.45) is -0.371. The van der Waals surface area contributed by atoms with Crippen LogP contribution in [0.3, 0.4) is 0 Å². The third-order valence-electron chi connectivity index (χ3n) is 3.08. The summed E-state index contributed by atoms with van der Waals surface area (Å²) >= 11 is 1.97. The molecule has 112 valence electrons. The van der Waals surface area contributed by atoms with Gasteiger partial charge in [0.15, 0.2) is 0 Å². The van der Waals surface area contributed by atoms with Gasteiger partial charge in [0.2, 0.25) is 0 Å². The highest BCUT2D eigenvalue weighted by atomic mass is 32.2. The smallest absolute Gasteiger partial charge is 0.407 e. The fourth-order valence-electron chi connectivity index (χ4n) is 2.17. The van der Waals surface area contributed by atoms with E-state index in [1.807, 2.05) is 39.5 Å². The highest BCUT2D eigenvalue weighted by Gasteiger charge is 2.27. The van der Waals surface area contributed by atoms with E-state index in [9.17, 15) is 4.79 Å². The lowest BCUT2D eigenvalue weighted by Crippen LogP contribution is -2.56. The summed E-state index contributed by atoms with van der Waals surface area (Å²) in [6, 6.07) is 0.163. The van der Waals surface area contributed by atoms with Crippen molar-refractivity contribution in [2.75, 3.05) is 31.1 Å². The van der Waals surface area contributed by atoms with E-state index < -0.39 is 5.60 Å². The number of nitrogens with zero attached hydrogens (tertiary/aromatic N) is 1. The molecule has 3 N–H and O–H groups in total. The Morgan fingerprint density at radius 3 is 2.47 bits per heavy atom. The summed E-state index contributed by atoms with van der Waals surface area (Å²) in [5.74, 6) is 2.27. The lowest BCUT2D eigenvalue weighted by atomic mass is 10.1. The van der Waals surface area contributed by atoms with Crippen molar-refractivity contribution in [1.82, 2.24) is 10.2 Å². The highest BCUT2D eigenvalue weighted by molar-refractivity contribution is 7.99. The predicted molar refractivity (Wildman–Crippen MR) is 80.6 cm³/mol. The average molecular weight is 289 g/mol. The summed E-state index contributed by atoms with van der Waals surface area (Å²) in [6.45, 7) is 10.2. The molecule has 1 aliphatic rings. The van der Waals surface area contributed by atoms with Crippen LogP contribution in [-0.4, -0.2) is 59.8 Å². The normalized spacial score (nSPS) is 20.7. The van der Waals surface area contributed by atoms with Gasteiger partial charge in [-0.3, -0.25) is 4.90 Å². The van der Waals surface area contributed by atoms with Crippen molar-refractivity contribution in [3.05, 3.63) is 0 Å². The summed E-state index contributed by atoms with van der Waals surface area (Å²) in [4.78, 5) is 14.1. The van der Waals surface area contributed by atoms with Crippen LogP contribution in [0.15, 0.2) is 0 Å². The zero-order chi connectivity index (χ0) is 14.5. The van der Waals surface area contributed by atoms with Crippen molar-refractivity contribution < 1.29 is 9.53 Å². The van der Waals surface area contributed by atoms with Gasteiger partial charge in [-0.15, -0.1) is 0 Å². The molecule has 0 aliphatic carbocycles. The lowest BCUT2D eigenvalue weighted by molar-refractivity contribution is 0.0473. The molecule has 0 spiro atoms. The minimum absolute atomic E-state index is 0.0112. The molecule has 0 bridgehead atoms. The predicted octanol–water partition coefficient (Wildman–Crippen LogP) is 1.28. The zero-order valence-electron chi connectivity index (χ0n) is 12.4. The molecule has 1 aliphatic heterocycles. The van der Waals surface area contributed by atoms with Crippen LogP contribution in [0.4, 0.5) is 4.79 Å². The second-order valence-corrected chi connectivity index (χ2v) is 7.11. The van der Waals surface area contributed by atoms with Gasteiger partial charge in [0, 0.05) is 43.2 Å². The van der Waals surface area contributed by atoms with Crippen LogP contribution >= 0.6 is 11.8 Å². The van der Waals surface area contributed by atoms with Crippen LogP contribution in [-0.2, 0) is 4.74 Å². The van der Waals surface area contributed by atoms with Gasteiger partial charge in [-0.2, -0.15) is 11.8 Å². The van der Waals surface area contributed by atoms with Crippen LogP contribution in [0, 0.1) is 0 Å². The van der Waals surface area contributed by atoms with E-state index in [2.05, 4.69) is 10.2 Å². The van der Waals surface area contributed by atoms with Gasteiger partial charge in [0.1, 0.15) is 5.60 Å². The maximum atomic E-state index is 11.8. The van der Waals surface area contributed by atoms with Crippen molar-refractivity contribution in [1.29, 1.82) is 0 Å². The maximum Gasteiger partial charge on any atom is 0.407 e. The minimum Gasteiger partial charge on any atom is -0.444 e. The van der Waals surface area contributed by atoms with Gasteiger partial charge in [-0.25, -0.2) is 4.79 Å². The topological polar surface area (TPSA) is 67.6 Å². The fourth-order valence-corrected chi connectivity index (χ4v) is 3.10. The molecule has 1 rings (SSSR count). The first-order chi connectivity index (χ1) is 8.83. The molecule has 1 saturated heterocycles. The second-order valence-electron chi connectivity index (χ2n) is 5.89. The largest absolute Gasteiger partial charge is 0.444 e. The number of thioether (sulfide) groups is 1. The van der Waals surface area contributed by atoms with Crippen molar-refractivity contribution in [3.63, 3.8) is 0 Å². The Labute approximate surface area is 120 Å². The van der Waals surface area contributed by atoms with Gasteiger partial charge in [-0.05, 0) is 27.7 Å². The Morgan fingerprint density at radius 1 is 1.42 bits per heavy atom. The molecular formula is C13H27N3O2S. The summed E-state index contributed by atoms with van der Waals surface area (Å²) in [5, 5.41) is 2.90. The quantitative estimate of drug-likeness (QED) is 0.816. The van der Waals surface area contributed by atoms with E-state index in [0.717, 1.165) is 24.6 Å². The third-order valence-corrected chi connectivity index (χ3v) is 4.02. The van der Waals surface area contributed by atoms with Gasteiger partial charge in [0.25, 0.3) is 0 Å². The molecule has 1 heterocycles. The standard InChI is InChI=1S/C13H27N3O2S/c1-10(15-12(17)18-13(2,3)4)11(9-14)16-5-7-19-8-6-16/h10-11H,5-9,14H2,1-4H3,(H,15,17). The summed E-state index contributed by atoms with van der Waals surface area (Å²) < 4.78 is 5.28. The molecule has 6 heteroatoms. The fraction of sp³-hybridized carbons (Fsp3) is 0.923.